The molecule has 1 heterocycles. The minimum atomic E-state index is -4.36. The van der Waals surface area contributed by atoms with E-state index in [1.54, 1.807) is 123 Å². The molecule has 0 spiro atoms. The quantitative estimate of drug-likeness (QED) is 0.157. The highest BCUT2D eigenvalue weighted by molar-refractivity contribution is 7.92. The molecule has 0 bridgehead atoms. The van der Waals surface area contributed by atoms with Crippen LogP contribution in [-0.4, -0.2) is 41.9 Å². The van der Waals surface area contributed by atoms with Crippen molar-refractivity contribution in [2.75, 3.05) is 16.2 Å². The second-order valence-electron chi connectivity index (χ2n) is 10.5. The molecular weight excluding hydrogens is 640 g/mol. The van der Waals surface area contributed by atoms with Crippen LogP contribution in [0.1, 0.15) is 28.5 Å². The lowest BCUT2D eigenvalue weighted by atomic mass is 10.1. The Labute approximate surface area is 276 Å². The van der Waals surface area contributed by atoms with Crippen LogP contribution in [0, 0.1) is 6.92 Å². The number of aromatic nitrogens is 2. The molecule has 4 aromatic carbocycles. The molecule has 13 heteroatoms. The molecule has 0 unspecified atom stereocenters. The number of carbonyl (C=O) groups excluding carboxylic acids is 2. The smallest absolute Gasteiger partial charge is 0.296 e. The standard InChI is InChI=1S/C34H31ClN6O5S/c1-23(25-12-11-15-28(21-25)36-33(43)26-13-10-14-27(35)20-26)37-38-31(42)22-40(47(45,46)30-18-8-5-9-19-30)32-24(2)39(3)41(34(32)44)29-16-6-4-7-17-29/h4-21H,22H2,1-3H3,(H,36,43)(H,38,42)/b37-23-. The first-order valence-corrected chi connectivity index (χ1v) is 16.2. The Bertz CT molecular complexity index is 2140. The van der Waals surface area contributed by atoms with E-state index in [1.165, 1.54) is 16.8 Å². The number of amides is 2. The number of rotatable bonds is 10. The summed E-state index contributed by atoms with van der Waals surface area (Å²) in [5.41, 5.74) is 4.35. The highest BCUT2D eigenvalue weighted by atomic mass is 35.5. The maximum atomic E-state index is 13.9. The van der Waals surface area contributed by atoms with Crippen LogP contribution < -0.4 is 20.6 Å². The fourth-order valence-electron chi connectivity index (χ4n) is 4.88. The Kier molecular flexibility index (Phi) is 9.73. The number of nitrogens with one attached hydrogen (secondary N) is 2. The molecule has 1 aromatic heterocycles. The van der Waals surface area contributed by atoms with Crippen molar-refractivity contribution in [3.05, 3.63) is 141 Å². The highest BCUT2D eigenvalue weighted by Crippen LogP contribution is 2.25. The van der Waals surface area contributed by atoms with Gasteiger partial charge in [0.25, 0.3) is 27.4 Å². The van der Waals surface area contributed by atoms with Gasteiger partial charge in [-0.05, 0) is 74.0 Å². The lowest BCUT2D eigenvalue weighted by molar-refractivity contribution is -0.119. The molecule has 5 aromatic rings. The van der Waals surface area contributed by atoms with Crippen LogP contribution in [0.3, 0.4) is 0 Å². The van der Waals surface area contributed by atoms with Crippen molar-refractivity contribution in [1.82, 2.24) is 14.8 Å². The zero-order valence-corrected chi connectivity index (χ0v) is 27.3. The van der Waals surface area contributed by atoms with E-state index in [0.717, 1.165) is 4.31 Å². The van der Waals surface area contributed by atoms with Crippen LogP contribution in [0.15, 0.2) is 124 Å². The molecule has 2 amide bonds. The van der Waals surface area contributed by atoms with Gasteiger partial charge in [0, 0.05) is 23.3 Å². The number of benzene rings is 4. The summed E-state index contributed by atoms with van der Waals surface area (Å²) >= 11 is 6.01. The molecule has 11 nitrogen and oxygen atoms in total. The minimum Gasteiger partial charge on any atom is -0.322 e. The summed E-state index contributed by atoms with van der Waals surface area (Å²) in [5.74, 6) is -1.13. The van der Waals surface area contributed by atoms with Crippen LogP contribution in [0.2, 0.25) is 5.02 Å². The lowest BCUT2D eigenvalue weighted by Gasteiger charge is -2.22. The maximum absolute atomic E-state index is 13.9. The van der Waals surface area contributed by atoms with Gasteiger partial charge in [0.15, 0.2) is 0 Å². The van der Waals surface area contributed by atoms with Gasteiger partial charge < -0.3 is 5.32 Å². The molecule has 0 aliphatic carbocycles. The fraction of sp³-hybridized carbons (Fsp3) is 0.118. The Hall–Kier alpha value is -5.46. The van der Waals surface area contributed by atoms with Crippen molar-refractivity contribution >= 4 is 50.5 Å². The third kappa shape index (κ3) is 7.19. The van der Waals surface area contributed by atoms with Crippen molar-refractivity contribution < 1.29 is 18.0 Å². The Balaban J connectivity index is 1.42. The van der Waals surface area contributed by atoms with Gasteiger partial charge in [0.05, 0.1) is 22.0 Å². The summed E-state index contributed by atoms with van der Waals surface area (Å²) in [6.45, 7) is 2.54. The Morgan fingerprint density at radius 2 is 1.51 bits per heavy atom. The van der Waals surface area contributed by atoms with Gasteiger partial charge in [-0.15, -0.1) is 0 Å². The van der Waals surface area contributed by atoms with Crippen molar-refractivity contribution in [3.8, 4) is 5.69 Å². The predicted octanol–water partition coefficient (Wildman–Crippen LogP) is 5.13. The molecule has 0 saturated carbocycles. The van der Waals surface area contributed by atoms with E-state index >= 15 is 0 Å². The number of para-hydroxylation sites is 1. The van der Waals surface area contributed by atoms with Crippen molar-refractivity contribution in [3.63, 3.8) is 0 Å². The van der Waals surface area contributed by atoms with Gasteiger partial charge in [0.2, 0.25) is 0 Å². The molecule has 240 valence electrons. The third-order valence-corrected chi connectivity index (χ3v) is 9.36. The van der Waals surface area contributed by atoms with Gasteiger partial charge in [-0.2, -0.15) is 5.10 Å². The van der Waals surface area contributed by atoms with Crippen LogP contribution in [0.4, 0.5) is 11.4 Å². The van der Waals surface area contributed by atoms with Crippen molar-refractivity contribution in [2.24, 2.45) is 12.1 Å². The number of halogens is 1. The topological polar surface area (TPSA) is 135 Å². The summed E-state index contributed by atoms with van der Waals surface area (Å²) in [4.78, 5) is 39.7. The summed E-state index contributed by atoms with van der Waals surface area (Å²) < 4.78 is 31.6. The first kappa shape index (κ1) is 32.9. The monoisotopic (exact) mass is 670 g/mol. The molecule has 0 aliphatic heterocycles. The minimum absolute atomic E-state index is 0.0852. The largest absolute Gasteiger partial charge is 0.322 e. The SMILES string of the molecule is C/C(=N/NC(=O)CN(c1c(C)n(C)n(-c2ccccc2)c1=O)S(=O)(=O)c1ccccc1)c1cccc(NC(=O)c2cccc(Cl)c2)c1. The molecule has 47 heavy (non-hydrogen) atoms. The zero-order valence-electron chi connectivity index (χ0n) is 25.7. The van der Waals surface area contributed by atoms with Crippen LogP contribution >= 0.6 is 11.6 Å². The molecule has 2 N–H and O–H groups in total. The van der Waals surface area contributed by atoms with Gasteiger partial charge in [0.1, 0.15) is 12.2 Å². The van der Waals surface area contributed by atoms with E-state index in [9.17, 15) is 22.8 Å². The third-order valence-electron chi connectivity index (χ3n) is 7.36. The number of hydrogen-bond donors (Lipinski definition) is 2. The molecular formula is C34H31ClN6O5S. The molecule has 0 saturated heterocycles. The maximum Gasteiger partial charge on any atom is 0.296 e. The summed E-state index contributed by atoms with van der Waals surface area (Å²) in [6, 6.07) is 29.7. The van der Waals surface area contributed by atoms with Gasteiger partial charge in [-0.1, -0.05) is 66.2 Å². The highest BCUT2D eigenvalue weighted by Gasteiger charge is 2.33. The Morgan fingerprint density at radius 3 is 2.19 bits per heavy atom. The lowest BCUT2D eigenvalue weighted by Crippen LogP contribution is -2.42. The van der Waals surface area contributed by atoms with Crippen molar-refractivity contribution in [2.45, 2.75) is 18.7 Å². The molecule has 0 radical (unpaired) electrons. The average molecular weight is 671 g/mol. The van der Waals surface area contributed by atoms with Gasteiger partial charge in [-0.3, -0.25) is 19.1 Å². The van der Waals surface area contributed by atoms with Crippen molar-refractivity contribution in [1.29, 1.82) is 0 Å². The summed E-state index contributed by atoms with van der Waals surface area (Å²) in [6.07, 6.45) is 0. The average Bonchev–Trinajstić information content (AvgIpc) is 3.29. The fourth-order valence-corrected chi connectivity index (χ4v) is 6.56. The van der Waals surface area contributed by atoms with E-state index in [1.807, 2.05) is 0 Å². The number of hydrazone groups is 1. The normalized spacial score (nSPS) is 11.6. The number of hydrogen-bond acceptors (Lipinski definition) is 6. The summed E-state index contributed by atoms with van der Waals surface area (Å²) in [7, 11) is -2.73. The second kappa shape index (κ2) is 13.9. The van der Waals surface area contributed by atoms with E-state index in [4.69, 9.17) is 11.6 Å². The van der Waals surface area contributed by atoms with E-state index in [-0.39, 0.29) is 16.5 Å². The van der Waals surface area contributed by atoms with Crippen LogP contribution in [-0.2, 0) is 21.9 Å². The number of nitrogens with zero attached hydrogens (tertiary/aromatic N) is 4. The van der Waals surface area contributed by atoms with E-state index in [0.29, 0.717) is 38.9 Å². The molecule has 0 atom stereocenters. The zero-order chi connectivity index (χ0) is 33.7. The Morgan fingerprint density at radius 1 is 0.872 bits per heavy atom. The predicted molar refractivity (Wildman–Crippen MR) is 183 cm³/mol. The van der Waals surface area contributed by atoms with E-state index in [2.05, 4.69) is 15.8 Å². The van der Waals surface area contributed by atoms with Gasteiger partial charge >= 0.3 is 0 Å². The summed E-state index contributed by atoms with van der Waals surface area (Å²) in [5, 5.41) is 7.42. The number of sulfonamides is 1. The van der Waals surface area contributed by atoms with Crippen LogP contribution in [0.5, 0.6) is 0 Å². The number of anilines is 2. The molecule has 5 rings (SSSR count). The first-order chi connectivity index (χ1) is 22.5. The van der Waals surface area contributed by atoms with E-state index < -0.39 is 28.0 Å². The van der Waals surface area contributed by atoms with Crippen LogP contribution in [0.25, 0.3) is 5.69 Å². The number of carbonyl (C=O) groups is 2. The molecule has 0 aliphatic rings. The second-order valence-corrected chi connectivity index (χ2v) is 12.8. The van der Waals surface area contributed by atoms with Gasteiger partial charge in [-0.25, -0.2) is 22.8 Å². The first-order valence-electron chi connectivity index (χ1n) is 14.4. The molecule has 0 fully saturated rings.